The number of likely N-dealkylation sites (tertiary alicyclic amines) is 1. The summed E-state index contributed by atoms with van der Waals surface area (Å²) in [6.07, 6.45) is 2.70. The predicted octanol–water partition coefficient (Wildman–Crippen LogP) is 4.32. The van der Waals surface area contributed by atoms with Gasteiger partial charge < -0.3 is 15.5 Å². The molecule has 0 aliphatic carbocycles. The average Bonchev–Trinajstić information content (AvgIpc) is 3.02. The van der Waals surface area contributed by atoms with Crippen molar-refractivity contribution in [3.63, 3.8) is 0 Å². The van der Waals surface area contributed by atoms with E-state index >= 15 is 0 Å². The van der Waals surface area contributed by atoms with Gasteiger partial charge in [0.2, 0.25) is 5.91 Å². The van der Waals surface area contributed by atoms with Gasteiger partial charge in [-0.25, -0.2) is 0 Å². The van der Waals surface area contributed by atoms with Crippen LogP contribution < -0.4 is 10.6 Å². The van der Waals surface area contributed by atoms with Crippen molar-refractivity contribution < 1.29 is 4.79 Å². The van der Waals surface area contributed by atoms with Crippen LogP contribution in [-0.2, 0) is 11.2 Å². The fourth-order valence-electron chi connectivity index (χ4n) is 4.16. The number of nitrogens with one attached hydrogen (secondary N) is 2. The maximum atomic E-state index is 12.4. The molecule has 0 bridgehead atoms. The molecule has 1 aromatic carbocycles. The van der Waals surface area contributed by atoms with Gasteiger partial charge in [0.1, 0.15) is 0 Å². The van der Waals surface area contributed by atoms with Gasteiger partial charge in [-0.2, -0.15) is 0 Å². The minimum Gasteiger partial charge on any atom is -0.357 e. The van der Waals surface area contributed by atoms with Crippen LogP contribution >= 0.6 is 24.0 Å². The third kappa shape index (κ3) is 9.67. The summed E-state index contributed by atoms with van der Waals surface area (Å²) >= 11 is 0. The van der Waals surface area contributed by atoms with Crippen molar-refractivity contribution >= 4 is 35.8 Å². The molecule has 30 heavy (non-hydrogen) atoms. The molecule has 1 aromatic rings. The molecule has 0 spiro atoms. The van der Waals surface area contributed by atoms with Crippen LogP contribution in [0.25, 0.3) is 0 Å². The van der Waals surface area contributed by atoms with E-state index in [2.05, 4.69) is 69.5 Å². The first-order chi connectivity index (χ1) is 13.8. The molecule has 0 radical (unpaired) electrons. The lowest BCUT2D eigenvalue weighted by Crippen LogP contribution is -2.41. The molecular formula is C24H41IN4O. The molecule has 0 saturated carbocycles. The third-order valence-electron chi connectivity index (χ3n) is 5.34. The Balaban J connectivity index is 0.00000450. The molecule has 170 valence electrons. The molecule has 6 heteroatoms. The Morgan fingerprint density at radius 1 is 1.23 bits per heavy atom. The number of guanidine groups is 1. The second kappa shape index (κ2) is 13.2. The van der Waals surface area contributed by atoms with E-state index in [0.29, 0.717) is 18.3 Å². The van der Waals surface area contributed by atoms with Crippen molar-refractivity contribution in [2.45, 2.75) is 53.9 Å². The van der Waals surface area contributed by atoms with E-state index in [0.717, 1.165) is 51.5 Å². The minimum absolute atomic E-state index is 0. The van der Waals surface area contributed by atoms with Crippen molar-refractivity contribution in [2.24, 2.45) is 22.2 Å². The Hall–Kier alpha value is -1.31. The maximum Gasteiger partial charge on any atom is 0.223 e. The van der Waals surface area contributed by atoms with Crippen LogP contribution in [0.1, 0.15) is 53.0 Å². The van der Waals surface area contributed by atoms with Crippen LogP contribution in [0.2, 0.25) is 0 Å². The van der Waals surface area contributed by atoms with Crippen molar-refractivity contribution in [1.29, 1.82) is 0 Å². The quantitative estimate of drug-likeness (QED) is 0.270. The second-order valence-electron chi connectivity index (χ2n) is 9.48. The summed E-state index contributed by atoms with van der Waals surface area (Å²) in [4.78, 5) is 19.2. The first-order valence-electron chi connectivity index (χ1n) is 11.1. The fraction of sp³-hybridized carbons (Fsp3) is 0.667. The van der Waals surface area contributed by atoms with Crippen LogP contribution in [0.15, 0.2) is 35.3 Å². The van der Waals surface area contributed by atoms with Gasteiger partial charge in [-0.1, -0.05) is 58.0 Å². The molecule has 1 fully saturated rings. The van der Waals surface area contributed by atoms with Crippen LogP contribution in [0, 0.1) is 17.3 Å². The van der Waals surface area contributed by atoms with Crippen molar-refractivity contribution in [3.05, 3.63) is 35.9 Å². The highest BCUT2D eigenvalue weighted by Crippen LogP contribution is 2.25. The molecule has 2 rings (SSSR count). The predicted molar refractivity (Wildman–Crippen MR) is 137 cm³/mol. The standard InChI is InChI=1S/C24H40N4O.HI/c1-6-25-23(27-18-24(4,5)15-19(2)3)26-16-21-14-22(29)28(17-21)13-12-20-10-8-7-9-11-20;/h7-11,19,21H,6,12-18H2,1-5H3,(H2,25,26,27);1H. The van der Waals surface area contributed by atoms with Gasteiger partial charge in [-0.05, 0) is 36.7 Å². The molecule has 1 unspecified atom stereocenters. The van der Waals surface area contributed by atoms with Crippen LogP contribution in [0.3, 0.4) is 0 Å². The third-order valence-corrected chi connectivity index (χ3v) is 5.34. The molecule has 1 atom stereocenters. The second-order valence-corrected chi connectivity index (χ2v) is 9.48. The summed E-state index contributed by atoms with van der Waals surface area (Å²) in [5, 5.41) is 6.81. The Labute approximate surface area is 200 Å². The van der Waals surface area contributed by atoms with Gasteiger partial charge in [-0.3, -0.25) is 9.79 Å². The molecule has 1 aliphatic heterocycles. The highest BCUT2D eigenvalue weighted by molar-refractivity contribution is 14.0. The van der Waals surface area contributed by atoms with Crippen molar-refractivity contribution in [2.75, 3.05) is 32.7 Å². The topological polar surface area (TPSA) is 56.7 Å². The average molecular weight is 529 g/mol. The number of amides is 1. The van der Waals surface area contributed by atoms with Gasteiger partial charge in [0.05, 0.1) is 0 Å². The van der Waals surface area contributed by atoms with Gasteiger partial charge in [0.25, 0.3) is 0 Å². The van der Waals surface area contributed by atoms with Gasteiger partial charge in [0.15, 0.2) is 5.96 Å². The molecule has 2 N–H and O–H groups in total. The van der Waals surface area contributed by atoms with Crippen molar-refractivity contribution in [1.82, 2.24) is 15.5 Å². The van der Waals surface area contributed by atoms with E-state index in [1.807, 2.05) is 11.0 Å². The number of hydrogen-bond donors (Lipinski definition) is 2. The number of carbonyl (C=O) groups is 1. The number of carbonyl (C=O) groups excluding carboxylic acids is 1. The fourth-order valence-corrected chi connectivity index (χ4v) is 4.16. The number of hydrogen-bond acceptors (Lipinski definition) is 2. The summed E-state index contributed by atoms with van der Waals surface area (Å²) in [6, 6.07) is 10.4. The molecule has 0 aromatic heterocycles. The number of benzene rings is 1. The molecule has 1 heterocycles. The Morgan fingerprint density at radius 2 is 1.93 bits per heavy atom. The summed E-state index contributed by atoms with van der Waals surface area (Å²) in [5.74, 6) is 2.14. The number of aliphatic imine (C=N–C) groups is 1. The van der Waals surface area contributed by atoms with Gasteiger partial charge in [0, 0.05) is 45.1 Å². The summed E-state index contributed by atoms with van der Waals surface area (Å²) in [7, 11) is 0. The summed E-state index contributed by atoms with van der Waals surface area (Å²) < 4.78 is 0. The van der Waals surface area contributed by atoms with E-state index in [4.69, 9.17) is 4.99 Å². The Bertz CT molecular complexity index is 660. The largest absolute Gasteiger partial charge is 0.357 e. The van der Waals surface area contributed by atoms with E-state index < -0.39 is 0 Å². The smallest absolute Gasteiger partial charge is 0.223 e. The zero-order valence-corrected chi connectivity index (χ0v) is 21.7. The molecular weight excluding hydrogens is 487 g/mol. The van der Waals surface area contributed by atoms with E-state index in [1.54, 1.807) is 0 Å². The number of rotatable bonds is 10. The number of nitrogens with zero attached hydrogens (tertiary/aromatic N) is 2. The zero-order chi connectivity index (χ0) is 21.3. The summed E-state index contributed by atoms with van der Waals surface area (Å²) in [5.41, 5.74) is 1.47. The maximum absolute atomic E-state index is 12.4. The first-order valence-corrected chi connectivity index (χ1v) is 11.1. The van der Waals surface area contributed by atoms with E-state index in [9.17, 15) is 4.79 Å². The molecule has 1 amide bonds. The highest BCUT2D eigenvalue weighted by Gasteiger charge is 2.29. The highest BCUT2D eigenvalue weighted by atomic mass is 127. The van der Waals surface area contributed by atoms with Crippen LogP contribution in [0.5, 0.6) is 0 Å². The molecule has 1 saturated heterocycles. The normalized spacial score (nSPS) is 17.3. The molecule has 1 aliphatic rings. The van der Waals surface area contributed by atoms with Crippen LogP contribution in [-0.4, -0.2) is 49.5 Å². The van der Waals surface area contributed by atoms with Crippen LogP contribution in [0.4, 0.5) is 0 Å². The van der Waals surface area contributed by atoms with Gasteiger partial charge in [-0.15, -0.1) is 24.0 Å². The molecule has 5 nitrogen and oxygen atoms in total. The first kappa shape index (κ1) is 26.7. The van der Waals surface area contributed by atoms with Crippen molar-refractivity contribution in [3.8, 4) is 0 Å². The Morgan fingerprint density at radius 3 is 2.57 bits per heavy atom. The number of halogens is 1. The lowest BCUT2D eigenvalue weighted by Gasteiger charge is -2.25. The SMILES string of the molecule is CCNC(=NCC(C)(C)CC(C)C)NCC1CC(=O)N(CCc2ccccc2)C1.I. The summed E-state index contributed by atoms with van der Waals surface area (Å²) in [6.45, 7) is 15.2. The van der Waals surface area contributed by atoms with E-state index in [1.165, 1.54) is 5.56 Å². The lowest BCUT2D eigenvalue weighted by atomic mass is 9.84. The zero-order valence-electron chi connectivity index (χ0n) is 19.4. The monoisotopic (exact) mass is 528 g/mol. The minimum atomic E-state index is 0. The Kier molecular flexibility index (Phi) is 11.7. The lowest BCUT2D eigenvalue weighted by molar-refractivity contribution is -0.127. The van der Waals surface area contributed by atoms with E-state index in [-0.39, 0.29) is 35.3 Å². The van der Waals surface area contributed by atoms with Gasteiger partial charge >= 0.3 is 0 Å².